The Bertz CT molecular complexity index is 528. The largest absolute Gasteiger partial charge is 0.352 e. The third-order valence-electron chi connectivity index (χ3n) is 5.51. The van der Waals surface area contributed by atoms with Gasteiger partial charge in [-0.2, -0.15) is 0 Å². The van der Waals surface area contributed by atoms with E-state index in [1.165, 1.54) is 17.5 Å². The first-order valence-corrected chi connectivity index (χ1v) is 8.24. The lowest BCUT2D eigenvalue weighted by Crippen LogP contribution is -2.50. The maximum atomic E-state index is 12.9. The molecule has 3 rings (SSSR count). The first kappa shape index (κ1) is 14.6. The van der Waals surface area contributed by atoms with Crippen molar-refractivity contribution >= 4 is 5.91 Å². The Balaban J connectivity index is 1.81. The molecule has 1 aromatic carbocycles. The quantitative estimate of drug-likeness (QED) is 0.897. The predicted molar refractivity (Wildman–Crippen MR) is 85.1 cm³/mol. The van der Waals surface area contributed by atoms with Crippen LogP contribution in [0.4, 0.5) is 0 Å². The minimum Gasteiger partial charge on any atom is -0.352 e. The van der Waals surface area contributed by atoms with Gasteiger partial charge in [0.05, 0.1) is 5.41 Å². The monoisotopic (exact) mass is 286 g/mol. The van der Waals surface area contributed by atoms with Gasteiger partial charge in [0.2, 0.25) is 5.91 Å². The van der Waals surface area contributed by atoms with Crippen LogP contribution in [0.5, 0.6) is 0 Å². The minimum atomic E-state index is -0.378. The van der Waals surface area contributed by atoms with Gasteiger partial charge in [-0.3, -0.25) is 4.79 Å². The summed E-state index contributed by atoms with van der Waals surface area (Å²) in [5, 5.41) is 3.31. The standard InChI is InChI=1S/C18H26N2O/c1-18(11-5-8-13-6-2-3-9-15(13)18)17(21)20-16-10-4-7-14(16)12-19/h2-3,6,9,14,16H,4-5,7-8,10-12,19H2,1H3,(H,20,21). The number of aryl methyl sites for hydroxylation is 1. The van der Waals surface area contributed by atoms with Gasteiger partial charge in [0, 0.05) is 6.04 Å². The van der Waals surface area contributed by atoms with Crippen molar-refractivity contribution in [2.24, 2.45) is 11.7 Å². The van der Waals surface area contributed by atoms with Crippen LogP contribution in [0.2, 0.25) is 0 Å². The molecule has 0 heterocycles. The van der Waals surface area contributed by atoms with E-state index < -0.39 is 0 Å². The Morgan fingerprint density at radius 1 is 1.33 bits per heavy atom. The van der Waals surface area contributed by atoms with Crippen molar-refractivity contribution in [2.75, 3.05) is 6.54 Å². The SMILES string of the molecule is CC1(C(=O)NC2CCCC2CN)CCCc2ccccc21. The van der Waals surface area contributed by atoms with Gasteiger partial charge < -0.3 is 11.1 Å². The van der Waals surface area contributed by atoms with Crippen LogP contribution >= 0.6 is 0 Å². The smallest absolute Gasteiger partial charge is 0.230 e. The Morgan fingerprint density at radius 3 is 2.95 bits per heavy atom. The number of rotatable bonds is 3. The summed E-state index contributed by atoms with van der Waals surface area (Å²) in [6.45, 7) is 2.78. The van der Waals surface area contributed by atoms with Crippen molar-refractivity contribution in [2.45, 2.75) is 56.9 Å². The Labute approximate surface area is 127 Å². The number of nitrogens with two attached hydrogens (primary N) is 1. The summed E-state index contributed by atoms with van der Waals surface area (Å²) >= 11 is 0. The van der Waals surface area contributed by atoms with Gasteiger partial charge in [0.1, 0.15) is 0 Å². The molecular weight excluding hydrogens is 260 g/mol. The number of amides is 1. The fourth-order valence-corrected chi connectivity index (χ4v) is 4.12. The highest BCUT2D eigenvalue weighted by Crippen LogP contribution is 2.38. The number of nitrogens with one attached hydrogen (secondary N) is 1. The number of carbonyl (C=O) groups is 1. The molecule has 3 heteroatoms. The number of benzene rings is 1. The Morgan fingerprint density at radius 2 is 2.14 bits per heavy atom. The highest BCUT2D eigenvalue weighted by atomic mass is 16.2. The van der Waals surface area contributed by atoms with Crippen molar-refractivity contribution in [3.05, 3.63) is 35.4 Å². The molecule has 1 amide bonds. The van der Waals surface area contributed by atoms with Crippen molar-refractivity contribution < 1.29 is 4.79 Å². The van der Waals surface area contributed by atoms with Crippen molar-refractivity contribution in [1.82, 2.24) is 5.32 Å². The van der Waals surface area contributed by atoms with Crippen LogP contribution in [0.15, 0.2) is 24.3 Å². The van der Waals surface area contributed by atoms with Gasteiger partial charge in [-0.25, -0.2) is 0 Å². The highest BCUT2D eigenvalue weighted by molar-refractivity contribution is 5.88. The van der Waals surface area contributed by atoms with E-state index in [-0.39, 0.29) is 17.4 Å². The van der Waals surface area contributed by atoms with Gasteiger partial charge in [0.15, 0.2) is 0 Å². The number of hydrogen-bond acceptors (Lipinski definition) is 2. The van der Waals surface area contributed by atoms with E-state index in [2.05, 4.69) is 30.4 Å². The molecule has 114 valence electrons. The summed E-state index contributed by atoms with van der Waals surface area (Å²) in [5.41, 5.74) is 8.01. The van der Waals surface area contributed by atoms with E-state index >= 15 is 0 Å². The van der Waals surface area contributed by atoms with Crippen LogP contribution in [0, 0.1) is 5.92 Å². The third-order valence-corrected chi connectivity index (χ3v) is 5.51. The molecule has 2 aliphatic rings. The lowest BCUT2D eigenvalue weighted by Gasteiger charge is -2.36. The normalized spacial score (nSPS) is 31.7. The summed E-state index contributed by atoms with van der Waals surface area (Å²) in [6.07, 6.45) is 6.52. The summed E-state index contributed by atoms with van der Waals surface area (Å²) in [5.74, 6) is 0.649. The maximum absolute atomic E-state index is 12.9. The average molecular weight is 286 g/mol. The lowest BCUT2D eigenvalue weighted by atomic mass is 9.70. The summed E-state index contributed by atoms with van der Waals surface area (Å²) in [7, 11) is 0. The molecule has 0 aromatic heterocycles. The molecule has 3 N–H and O–H groups in total. The average Bonchev–Trinajstić information content (AvgIpc) is 2.95. The second kappa shape index (κ2) is 5.80. The van der Waals surface area contributed by atoms with Crippen LogP contribution in [-0.2, 0) is 16.6 Å². The van der Waals surface area contributed by atoms with Gasteiger partial charge in [0.25, 0.3) is 0 Å². The molecule has 3 atom stereocenters. The maximum Gasteiger partial charge on any atom is 0.230 e. The lowest BCUT2D eigenvalue weighted by molar-refractivity contribution is -0.127. The van der Waals surface area contributed by atoms with Gasteiger partial charge in [-0.15, -0.1) is 0 Å². The molecule has 21 heavy (non-hydrogen) atoms. The molecule has 3 nitrogen and oxygen atoms in total. The topological polar surface area (TPSA) is 55.1 Å². The molecule has 3 unspecified atom stereocenters. The minimum absolute atomic E-state index is 0.194. The van der Waals surface area contributed by atoms with Crippen LogP contribution in [-0.4, -0.2) is 18.5 Å². The van der Waals surface area contributed by atoms with E-state index in [1.54, 1.807) is 0 Å². The predicted octanol–water partition coefficient (Wildman–Crippen LogP) is 2.52. The molecule has 0 spiro atoms. The fraction of sp³-hybridized carbons (Fsp3) is 0.611. The van der Waals surface area contributed by atoms with E-state index in [9.17, 15) is 4.79 Å². The molecule has 0 bridgehead atoms. The zero-order valence-electron chi connectivity index (χ0n) is 12.9. The van der Waals surface area contributed by atoms with E-state index in [4.69, 9.17) is 5.73 Å². The first-order valence-electron chi connectivity index (χ1n) is 8.24. The number of fused-ring (bicyclic) bond motifs is 1. The first-order chi connectivity index (χ1) is 10.1. The molecule has 0 radical (unpaired) electrons. The summed E-state index contributed by atoms with van der Waals surface area (Å²) in [6, 6.07) is 8.69. The zero-order chi connectivity index (χ0) is 14.9. The summed E-state index contributed by atoms with van der Waals surface area (Å²) in [4.78, 5) is 12.9. The van der Waals surface area contributed by atoms with E-state index in [1.807, 2.05) is 6.07 Å². The molecule has 1 fully saturated rings. The van der Waals surface area contributed by atoms with E-state index in [0.29, 0.717) is 12.5 Å². The third kappa shape index (κ3) is 2.59. The van der Waals surface area contributed by atoms with Crippen molar-refractivity contribution in [1.29, 1.82) is 0 Å². The molecule has 1 saturated carbocycles. The van der Waals surface area contributed by atoms with Crippen molar-refractivity contribution in [3.63, 3.8) is 0 Å². The molecule has 0 aliphatic heterocycles. The van der Waals surface area contributed by atoms with E-state index in [0.717, 1.165) is 32.1 Å². The van der Waals surface area contributed by atoms with Gasteiger partial charge in [-0.1, -0.05) is 30.7 Å². The molecular formula is C18H26N2O. The second-order valence-electron chi connectivity index (χ2n) is 6.85. The van der Waals surface area contributed by atoms with Crippen LogP contribution in [0.3, 0.4) is 0 Å². The molecule has 1 aromatic rings. The van der Waals surface area contributed by atoms with Crippen LogP contribution in [0.25, 0.3) is 0 Å². The van der Waals surface area contributed by atoms with Gasteiger partial charge >= 0.3 is 0 Å². The molecule has 2 aliphatic carbocycles. The number of hydrogen-bond donors (Lipinski definition) is 2. The van der Waals surface area contributed by atoms with Crippen LogP contribution in [0.1, 0.15) is 50.2 Å². The number of carbonyl (C=O) groups excluding carboxylic acids is 1. The molecule has 0 saturated heterocycles. The Hall–Kier alpha value is -1.35. The van der Waals surface area contributed by atoms with Gasteiger partial charge in [-0.05, 0) is 62.6 Å². The van der Waals surface area contributed by atoms with Crippen molar-refractivity contribution in [3.8, 4) is 0 Å². The summed E-state index contributed by atoms with van der Waals surface area (Å²) < 4.78 is 0. The second-order valence-corrected chi connectivity index (χ2v) is 6.85. The highest BCUT2D eigenvalue weighted by Gasteiger charge is 2.40. The Kier molecular flexibility index (Phi) is 4.03. The zero-order valence-corrected chi connectivity index (χ0v) is 12.9. The van der Waals surface area contributed by atoms with Crippen LogP contribution < -0.4 is 11.1 Å². The fourth-order valence-electron chi connectivity index (χ4n) is 4.12.